The maximum absolute atomic E-state index is 12.6. The Hall–Kier alpha value is -2.60. The first-order chi connectivity index (χ1) is 11.9. The number of benzene rings is 2. The van der Waals surface area contributed by atoms with E-state index in [1.807, 2.05) is 48.5 Å². The number of H-pyrrole nitrogens is 1. The molecule has 1 atom stereocenters. The summed E-state index contributed by atoms with van der Waals surface area (Å²) in [5, 5.41) is 13.2. The van der Waals surface area contributed by atoms with E-state index in [1.54, 1.807) is 6.07 Å². The minimum atomic E-state index is -1.41. The van der Waals surface area contributed by atoms with E-state index in [-0.39, 0.29) is 6.42 Å². The zero-order valence-electron chi connectivity index (χ0n) is 13.5. The van der Waals surface area contributed by atoms with Crippen LogP contribution < -0.4 is 5.32 Å². The van der Waals surface area contributed by atoms with Crippen LogP contribution in [0.1, 0.15) is 23.0 Å². The van der Waals surface area contributed by atoms with Crippen molar-refractivity contribution in [3.63, 3.8) is 0 Å². The molecule has 0 bridgehead atoms. The number of carboxylic acid groups (broad SMARTS) is 1. The molecule has 0 aliphatic heterocycles. The molecule has 2 aromatic carbocycles. The van der Waals surface area contributed by atoms with Crippen molar-refractivity contribution in [2.75, 3.05) is 0 Å². The van der Waals surface area contributed by atoms with Crippen LogP contribution in [0.25, 0.3) is 10.9 Å². The lowest BCUT2D eigenvalue weighted by atomic mass is 9.92. The van der Waals surface area contributed by atoms with E-state index in [4.69, 9.17) is 0 Å². The first kappa shape index (κ1) is 17.2. The average molecular weight is 401 g/mol. The quantitative estimate of drug-likeness (QED) is 0.609. The second-order valence-corrected chi connectivity index (χ2v) is 7.08. The molecular formula is C19H17BrN2O3. The van der Waals surface area contributed by atoms with Gasteiger partial charge in [-0.05, 0) is 36.8 Å². The molecular weight excluding hydrogens is 384 g/mol. The van der Waals surface area contributed by atoms with Crippen LogP contribution in [0.4, 0.5) is 0 Å². The minimum Gasteiger partial charge on any atom is -0.480 e. The summed E-state index contributed by atoms with van der Waals surface area (Å²) in [6.45, 7) is 1.51. The zero-order chi connectivity index (χ0) is 18.0. The third-order valence-corrected chi connectivity index (χ3v) is 4.58. The Balaban J connectivity index is 1.85. The molecule has 3 rings (SSSR count). The highest BCUT2D eigenvalue weighted by molar-refractivity contribution is 9.10. The Morgan fingerprint density at radius 1 is 1.16 bits per heavy atom. The molecule has 1 aromatic heterocycles. The predicted octanol–water partition coefficient (Wildman–Crippen LogP) is 3.75. The van der Waals surface area contributed by atoms with Gasteiger partial charge in [0.2, 0.25) is 0 Å². The molecule has 1 unspecified atom stereocenters. The molecule has 1 amide bonds. The largest absolute Gasteiger partial charge is 0.480 e. The van der Waals surface area contributed by atoms with Crippen molar-refractivity contribution >= 4 is 38.7 Å². The van der Waals surface area contributed by atoms with Crippen LogP contribution in [0, 0.1) is 0 Å². The van der Waals surface area contributed by atoms with Gasteiger partial charge in [-0.25, -0.2) is 4.79 Å². The molecule has 5 nitrogen and oxygen atoms in total. The van der Waals surface area contributed by atoms with Crippen LogP contribution in [0.15, 0.2) is 59.1 Å². The summed E-state index contributed by atoms with van der Waals surface area (Å²) in [5.41, 5.74) is 0.575. The number of nitrogens with one attached hydrogen (secondary N) is 2. The highest BCUT2D eigenvalue weighted by Crippen LogP contribution is 2.21. The summed E-state index contributed by atoms with van der Waals surface area (Å²) in [5.74, 6) is -1.53. The summed E-state index contributed by atoms with van der Waals surface area (Å²) in [7, 11) is 0. The zero-order valence-corrected chi connectivity index (χ0v) is 15.1. The maximum atomic E-state index is 12.6. The Morgan fingerprint density at radius 2 is 1.88 bits per heavy atom. The van der Waals surface area contributed by atoms with E-state index in [0.29, 0.717) is 5.69 Å². The van der Waals surface area contributed by atoms with Crippen molar-refractivity contribution in [2.45, 2.75) is 18.9 Å². The number of carbonyl (C=O) groups excluding carboxylic acids is 1. The first-order valence-corrected chi connectivity index (χ1v) is 8.55. The Kier molecular flexibility index (Phi) is 4.63. The molecule has 0 spiro atoms. The normalized spacial score (nSPS) is 13.4. The SMILES string of the molecule is CC(Cc1ccccc1)(NC(=O)c1cc2cc(Br)ccc2[nH]1)C(=O)O. The van der Waals surface area contributed by atoms with Crippen LogP contribution in [0.2, 0.25) is 0 Å². The van der Waals surface area contributed by atoms with Crippen LogP contribution in [-0.4, -0.2) is 27.5 Å². The van der Waals surface area contributed by atoms with E-state index in [9.17, 15) is 14.7 Å². The molecule has 6 heteroatoms. The fraction of sp³-hybridized carbons (Fsp3) is 0.158. The van der Waals surface area contributed by atoms with Crippen LogP contribution in [0.5, 0.6) is 0 Å². The lowest BCUT2D eigenvalue weighted by Gasteiger charge is -2.26. The number of aliphatic carboxylic acids is 1. The fourth-order valence-corrected chi connectivity index (χ4v) is 3.10. The standard InChI is InChI=1S/C19H17BrN2O3/c1-19(18(24)25,11-12-5-3-2-4-6-12)22-17(23)16-10-13-9-14(20)7-8-15(13)21-16/h2-10,21H,11H2,1H3,(H,22,23)(H,24,25). The summed E-state index contributed by atoms with van der Waals surface area (Å²) in [6, 6.07) is 16.6. The smallest absolute Gasteiger partial charge is 0.329 e. The Labute approximate surface area is 153 Å². The van der Waals surface area contributed by atoms with E-state index in [2.05, 4.69) is 26.2 Å². The number of aromatic nitrogens is 1. The molecule has 3 N–H and O–H groups in total. The number of fused-ring (bicyclic) bond motifs is 1. The van der Waals surface area contributed by atoms with Crippen LogP contribution >= 0.6 is 15.9 Å². The van der Waals surface area contributed by atoms with Crippen molar-refractivity contribution in [2.24, 2.45) is 0 Å². The topological polar surface area (TPSA) is 82.2 Å². The molecule has 3 aromatic rings. The van der Waals surface area contributed by atoms with Gasteiger partial charge in [0.1, 0.15) is 11.2 Å². The average Bonchev–Trinajstić information content (AvgIpc) is 2.98. The number of aromatic amines is 1. The van der Waals surface area contributed by atoms with Crippen molar-refractivity contribution in [1.29, 1.82) is 0 Å². The van der Waals surface area contributed by atoms with E-state index in [0.717, 1.165) is 20.9 Å². The third kappa shape index (κ3) is 3.74. The summed E-state index contributed by atoms with van der Waals surface area (Å²) in [6.07, 6.45) is 0.195. The lowest BCUT2D eigenvalue weighted by molar-refractivity contribution is -0.143. The molecule has 0 radical (unpaired) electrons. The molecule has 0 saturated heterocycles. The summed E-state index contributed by atoms with van der Waals surface area (Å²) >= 11 is 3.39. The maximum Gasteiger partial charge on any atom is 0.329 e. The molecule has 0 aliphatic rings. The van der Waals surface area contributed by atoms with E-state index in [1.165, 1.54) is 6.92 Å². The van der Waals surface area contributed by atoms with Gasteiger partial charge in [-0.15, -0.1) is 0 Å². The van der Waals surface area contributed by atoms with Gasteiger partial charge in [0, 0.05) is 21.8 Å². The van der Waals surface area contributed by atoms with Crippen molar-refractivity contribution < 1.29 is 14.7 Å². The van der Waals surface area contributed by atoms with Gasteiger partial charge < -0.3 is 15.4 Å². The van der Waals surface area contributed by atoms with Gasteiger partial charge in [-0.3, -0.25) is 4.79 Å². The third-order valence-electron chi connectivity index (χ3n) is 4.09. The number of carboxylic acids is 1. The Bertz CT molecular complexity index is 936. The van der Waals surface area contributed by atoms with Crippen LogP contribution in [-0.2, 0) is 11.2 Å². The number of halogens is 1. The number of hydrogen-bond acceptors (Lipinski definition) is 2. The first-order valence-electron chi connectivity index (χ1n) is 7.75. The van der Waals surface area contributed by atoms with Gasteiger partial charge in [0.15, 0.2) is 0 Å². The van der Waals surface area contributed by atoms with E-state index >= 15 is 0 Å². The van der Waals surface area contributed by atoms with Crippen molar-refractivity contribution in [3.8, 4) is 0 Å². The Morgan fingerprint density at radius 3 is 2.56 bits per heavy atom. The van der Waals surface area contributed by atoms with Crippen molar-refractivity contribution in [1.82, 2.24) is 10.3 Å². The predicted molar refractivity (Wildman–Crippen MR) is 99.7 cm³/mol. The lowest BCUT2D eigenvalue weighted by Crippen LogP contribution is -2.53. The molecule has 25 heavy (non-hydrogen) atoms. The van der Waals surface area contributed by atoms with Gasteiger partial charge in [0.25, 0.3) is 5.91 Å². The second-order valence-electron chi connectivity index (χ2n) is 6.17. The highest BCUT2D eigenvalue weighted by atomic mass is 79.9. The van der Waals surface area contributed by atoms with Gasteiger partial charge in [-0.1, -0.05) is 46.3 Å². The molecule has 128 valence electrons. The van der Waals surface area contributed by atoms with Crippen molar-refractivity contribution in [3.05, 3.63) is 70.3 Å². The molecule has 1 heterocycles. The molecule has 0 aliphatic carbocycles. The number of rotatable bonds is 5. The number of carbonyl (C=O) groups is 2. The second kappa shape index (κ2) is 6.72. The van der Waals surface area contributed by atoms with Gasteiger partial charge in [-0.2, -0.15) is 0 Å². The molecule has 0 saturated carbocycles. The highest BCUT2D eigenvalue weighted by Gasteiger charge is 2.35. The van der Waals surface area contributed by atoms with Gasteiger partial charge >= 0.3 is 5.97 Å². The fourth-order valence-electron chi connectivity index (χ4n) is 2.72. The number of hydrogen-bond donors (Lipinski definition) is 3. The summed E-state index contributed by atoms with van der Waals surface area (Å²) < 4.78 is 0.908. The monoisotopic (exact) mass is 400 g/mol. The summed E-state index contributed by atoms with van der Waals surface area (Å²) in [4.78, 5) is 27.4. The van der Waals surface area contributed by atoms with Crippen LogP contribution in [0.3, 0.4) is 0 Å². The van der Waals surface area contributed by atoms with E-state index < -0.39 is 17.4 Å². The minimum absolute atomic E-state index is 0.195. The number of amides is 1. The molecule has 0 fully saturated rings. The van der Waals surface area contributed by atoms with Gasteiger partial charge in [0.05, 0.1) is 0 Å².